The molecular weight excluding hydrogens is 318 g/mol. The molecule has 0 saturated carbocycles. The van der Waals surface area contributed by atoms with Gasteiger partial charge in [-0.15, -0.1) is 0 Å². The average molecular weight is 339 g/mol. The predicted octanol–water partition coefficient (Wildman–Crippen LogP) is 4.06. The van der Waals surface area contributed by atoms with Crippen LogP contribution in [0.2, 0.25) is 0 Å². The maximum atomic E-state index is 12.6. The van der Waals surface area contributed by atoms with Gasteiger partial charge >= 0.3 is 0 Å². The van der Waals surface area contributed by atoms with Crippen molar-refractivity contribution in [1.82, 2.24) is 0 Å². The summed E-state index contributed by atoms with van der Waals surface area (Å²) in [5, 5.41) is 14.3. The van der Waals surface area contributed by atoms with Gasteiger partial charge in [0.15, 0.2) is 0 Å². The molecule has 0 bridgehead atoms. The Morgan fingerprint density at radius 1 is 1.12 bits per heavy atom. The van der Waals surface area contributed by atoms with Gasteiger partial charge in [-0.3, -0.25) is 14.9 Å². The van der Waals surface area contributed by atoms with Crippen LogP contribution in [0, 0.1) is 24.0 Å². The molecule has 0 aliphatic carbocycles. The standard InChI is InChI=1S/C19H21N3O3/c1-13-6-5-7-14(2)18(13)20-19(23)15-8-9-16(17(12-15)22(24)25)21-10-3-4-11-21/h5-9,12H,3-4,10-11H2,1-2H3,(H,20,23). The number of aryl methyl sites for hydroxylation is 2. The second kappa shape index (κ2) is 6.93. The zero-order valence-electron chi connectivity index (χ0n) is 14.4. The first-order chi connectivity index (χ1) is 12.0. The summed E-state index contributed by atoms with van der Waals surface area (Å²) in [6.45, 7) is 5.46. The number of rotatable bonds is 4. The van der Waals surface area contributed by atoms with Crippen molar-refractivity contribution in [3.8, 4) is 0 Å². The third kappa shape index (κ3) is 3.47. The molecule has 1 fully saturated rings. The van der Waals surface area contributed by atoms with Gasteiger partial charge in [-0.1, -0.05) is 18.2 Å². The Kier molecular flexibility index (Phi) is 4.70. The van der Waals surface area contributed by atoms with E-state index in [2.05, 4.69) is 5.32 Å². The van der Waals surface area contributed by atoms with Crippen molar-refractivity contribution < 1.29 is 9.72 Å². The summed E-state index contributed by atoms with van der Waals surface area (Å²) in [7, 11) is 0. The molecule has 6 heteroatoms. The lowest BCUT2D eigenvalue weighted by molar-refractivity contribution is -0.384. The van der Waals surface area contributed by atoms with E-state index in [1.807, 2.05) is 36.9 Å². The van der Waals surface area contributed by atoms with E-state index >= 15 is 0 Å². The summed E-state index contributed by atoms with van der Waals surface area (Å²) in [4.78, 5) is 25.6. The van der Waals surface area contributed by atoms with E-state index in [0.29, 0.717) is 5.69 Å². The molecule has 0 atom stereocenters. The Balaban J connectivity index is 1.90. The molecule has 0 aromatic heterocycles. The quantitative estimate of drug-likeness (QED) is 0.673. The SMILES string of the molecule is Cc1cccc(C)c1NC(=O)c1ccc(N2CCCC2)c([N+](=O)[O-])c1. The third-order valence-electron chi connectivity index (χ3n) is 4.60. The lowest BCUT2D eigenvalue weighted by Crippen LogP contribution is -2.20. The molecule has 2 aromatic carbocycles. The fraction of sp³-hybridized carbons (Fsp3) is 0.316. The molecule has 0 spiro atoms. The fourth-order valence-corrected chi connectivity index (χ4v) is 3.23. The topological polar surface area (TPSA) is 75.5 Å². The highest BCUT2D eigenvalue weighted by atomic mass is 16.6. The molecule has 2 aromatic rings. The number of anilines is 2. The molecule has 1 aliphatic heterocycles. The number of hydrogen-bond acceptors (Lipinski definition) is 4. The Bertz CT molecular complexity index is 806. The van der Waals surface area contributed by atoms with E-state index in [0.717, 1.165) is 42.7 Å². The summed E-state index contributed by atoms with van der Waals surface area (Å²) in [5.41, 5.74) is 3.52. The minimum atomic E-state index is -0.413. The van der Waals surface area contributed by atoms with Gasteiger partial charge < -0.3 is 10.2 Å². The van der Waals surface area contributed by atoms with Crippen LogP contribution in [0.5, 0.6) is 0 Å². The Hall–Kier alpha value is -2.89. The lowest BCUT2D eigenvalue weighted by atomic mass is 10.1. The predicted molar refractivity (Wildman–Crippen MR) is 98.4 cm³/mol. The number of nitro groups is 1. The van der Waals surface area contributed by atoms with Gasteiger partial charge in [0.25, 0.3) is 11.6 Å². The first kappa shape index (κ1) is 17.0. The van der Waals surface area contributed by atoms with Crippen LogP contribution >= 0.6 is 0 Å². The number of hydrogen-bond donors (Lipinski definition) is 1. The van der Waals surface area contributed by atoms with Gasteiger partial charge in [-0.25, -0.2) is 0 Å². The summed E-state index contributed by atoms with van der Waals surface area (Å²) in [6.07, 6.45) is 2.07. The number of benzene rings is 2. The third-order valence-corrected chi connectivity index (χ3v) is 4.60. The number of para-hydroxylation sites is 1. The Morgan fingerprint density at radius 2 is 1.76 bits per heavy atom. The van der Waals surface area contributed by atoms with Crippen molar-refractivity contribution in [2.45, 2.75) is 26.7 Å². The first-order valence-electron chi connectivity index (χ1n) is 8.38. The van der Waals surface area contributed by atoms with Crippen LogP contribution in [0.15, 0.2) is 36.4 Å². The first-order valence-corrected chi connectivity index (χ1v) is 8.38. The van der Waals surface area contributed by atoms with Crippen LogP contribution in [0.1, 0.15) is 34.3 Å². The van der Waals surface area contributed by atoms with Gasteiger partial charge in [-0.05, 0) is 49.9 Å². The van der Waals surface area contributed by atoms with E-state index in [1.54, 1.807) is 12.1 Å². The number of nitrogens with zero attached hydrogens (tertiary/aromatic N) is 2. The fourth-order valence-electron chi connectivity index (χ4n) is 3.23. The van der Waals surface area contributed by atoms with Crippen LogP contribution in [0.4, 0.5) is 17.1 Å². The van der Waals surface area contributed by atoms with Gasteiger partial charge in [0, 0.05) is 30.4 Å². The maximum absolute atomic E-state index is 12.6. The molecule has 1 amide bonds. The van der Waals surface area contributed by atoms with Gasteiger partial charge in [0.2, 0.25) is 0 Å². The maximum Gasteiger partial charge on any atom is 0.293 e. The molecule has 3 rings (SSSR count). The van der Waals surface area contributed by atoms with E-state index in [9.17, 15) is 14.9 Å². The molecule has 0 radical (unpaired) electrons. The van der Waals surface area contributed by atoms with Crippen LogP contribution in [0.3, 0.4) is 0 Å². The van der Waals surface area contributed by atoms with Crippen molar-refractivity contribution >= 4 is 23.0 Å². The highest BCUT2D eigenvalue weighted by Gasteiger charge is 2.24. The molecule has 25 heavy (non-hydrogen) atoms. The minimum Gasteiger partial charge on any atom is -0.366 e. The van der Waals surface area contributed by atoms with E-state index < -0.39 is 4.92 Å². The van der Waals surface area contributed by atoms with Crippen LogP contribution < -0.4 is 10.2 Å². The smallest absolute Gasteiger partial charge is 0.293 e. The summed E-state index contributed by atoms with van der Waals surface area (Å²) in [6, 6.07) is 10.5. The monoisotopic (exact) mass is 339 g/mol. The largest absolute Gasteiger partial charge is 0.366 e. The second-order valence-electron chi connectivity index (χ2n) is 6.38. The van der Waals surface area contributed by atoms with Crippen molar-refractivity contribution in [1.29, 1.82) is 0 Å². The summed E-state index contributed by atoms with van der Waals surface area (Å²) >= 11 is 0. The number of nitro benzene ring substituents is 1. The number of amides is 1. The van der Waals surface area contributed by atoms with E-state index in [1.165, 1.54) is 6.07 Å². The summed E-state index contributed by atoms with van der Waals surface area (Å²) in [5.74, 6) is -0.339. The van der Waals surface area contributed by atoms with Gasteiger partial charge in [-0.2, -0.15) is 0 Å². The van der Waals surface area contributed by atoms with Gasteiger partial charge in [0.05, 0.1) is 4.92 Å². The van der Waals surface area contributed by atoms with Crippen molar-refractivity contribution in [2.24, 2.45) is 0 Å². The van der Waals surface area contributed by atoms with Gasteiger partial charge in [0.1, 0.15) is 5.69 Å². The highest BCUT2D eigenvalue weighted by Crippen LogP contribution is 2.32. The van der Waals surface area contributed by atoms with Crippen molar-refractivity contribution in [2.75, 3.05) is 23.3 Å². The second-order valence-corrected chi connectivity index (χ2v) is 6.38. The minimum absolute atomic E-state index is 0.0175. The Morgan fingerprint density at radius 3 is 2.36 bits per heavy atom. The zero-order chi connectivity index (χ0) is 18.0. The molecule has 6 nitrogen and oxygen atoms in total. The van der Waals surface area contributed by atoms with E-state index in [-0.39, 0.29) is 17.2 Å². The molecule has 1 aliphatic rings. The van der Waals surface area contributed by atoms with Crippen LogP contribution in [-0.4, -0.2) is 23.9 Å². The lowest BCUT2D eigenvalue weighted by Gasteiger charge is -2.18. The van der Waals surface area contributed by atoms with Crippen LogP contribution in [-0.2, 0) is 0 Å². The molecule has 1 N–H and O–H groups in total. The normalized spacial score (nSPS) is 13.8. The number of carbonyl (C=O) groups is 1. The average Bonchev–Trinajstić information content (AvgIpc) is 3.12. The number of carbonyl (C=O) groups excluding carboxylic acids is 1. The molecule has 130 valence electrons. The number of nitrogens with one attached hydrogen (secondary N) is 1. The highest BCUT2D eigenvalue weighted by molar-refractivity contribution is 6.05. The molecular formula is C19H21N3O3. The van der Waals surface area contributed by atoms with E-state index in [4.69, 9.17) is 0 Å². The summed E-state index contributed by atoms with van der Waals surface area (Å²) < 4.78 is 0. The zero-order valence-corrected chi connectivity index (χ0v) is 14.4. The van der Waals surface area contributed by atoms with Crippen LogP contribution in [0.25, 0.3) is 0 Å². The molecule has 0 unspecified atom stereocenters. The molecule has 1 heterocycles. The molecule has 1 saturated heterocycles. The van der Waals surface area contributed by atoms with Crippen molar-refractivity contribution in [3.63, 3.8) is 0 Å². The Labute approximate surface area is 146 Å². The van der Waals surface area contributed by atoms with Crippen molar-refractivity contribution in [3.05, 3.63) is 63.2 Å².